The monoisotopic (exact) mass is 528 g/mol. The molecule has 2 rings (SSSR count). The molecule has 0 aliphatic heterocycles. The lowest BCUT2D eigenvalue weighted by Crippen LogP contribution is -2.13. The average Bonchev–Trinajstić information content (AvgIpc) is 2.82. The number of hydrogen-bond donors (Lipinski definition) is 3. The van der Waals surface area contributed by atoms with E-state index in [9.17, 15) is 14.4 Å². The van der Waals surface area contributed by atoms with Gasteiger partial charge in [-0.3, -0.25) is 0 Å². The number of hydrogen-bond acceptors (Lipinski definition) is 3. The Labute approximate surface area is 229 Å². The topological polar surface area (TPSA) is 112 Å². The van der Waals surface area contributed by atoms with E-state index in [0.29, 0.717) is 0 Å². The first-order valence-corrected chi connectivity index (χ1v) is 12.9. The van der Waals surface area contributed by atoms with Crippen molar-refractivity contribution in [1.29, 1.82) is 0 Å². The first-order valence-electron chi connectivity index (χ1n) is 12.9. The number of rotatable bonds is 7. The van der Waals surface area contributed by atoms with E-state index in [-0.39, 0.29) is 16.7 Å². The zero-order valence-electron chi connectivity index (χ0n) is 24.4. The van der Waals surface area contributed by atoms with E-state index in [2.05, 4.69) is 60.1 Å². The third-order valence-electron chi connectivity index (χ3n) is 5.95. The zero-order valence-corrected chi connectivity index (χ0v) is 24.4. The molecule has 0 radical (unpaired) electrons. The fourth-order valence-electron chi connectivity index (χ4n) is 3.86. The molecule has 0 unspecified atom stereocenters. The van der Waals surface area contributed by atoms with Crippen molar-refractivity contribution in [1.82, 2.24) is 0 Å². The van der Waals surface area contributed by atoms with Crippen molar-refractivity contribution in [2.75, 3.05) is 0 Å². The summed E-state index contributed by atoms with van der Waals surface area (Å²) < 4.78 is 0. The fourth-order valence-corrected chi connectivity index (χ4v) is 3.86. The molecular formula is C32H48O6. The zero-order chi connectivity index (χ0) is 30.2. The maximum absolute atomic E-state index is 9.60. The van der Waals surface area contributed by atoms with Crippen LogP contribution in [0.4, 0.5) is 0 Å². The van der Waals surface area contributed by atoms with Crippen LogP contribution >= 0.6 is 0 Å². The van der Waals surface area contributed by atoms with E-state index in [4.69, 9.17) is 15.3 Å². The Hall–Kier alpha value is -3.41. The molecule has 0 amide bonds. The summed E-state index contributed by atoms with van der Waals surface area (Å²) in [5.41, 5.74) is 8.15. The lowest BCUT2D eigenvalue weighted by Gasteiger charge is -2.29. The van der Waals surface area contributed by atoms with Crippen LogP contribution in [0.2, 0.25) is 0 Å². The SMILES string of the molecule is C=C(C)C(=O)O.C=C(C)C(=O)O.C=C(C)C(=O)O.C=Cc1cc(C)c(CC(C)C)c(C2CCCCC2)c1C. The molecule has 38 heavy (non-hydrogen) atoms. The summed E-state index contributed by atoms with van der Waals surface area (Å²) >= 11 is 0. The van der Waals surface area contributed by atoms with Crippen LogP contribution in [-0.2, 0) is 20.8 Å². The molecule has 1 aromatic rings. The number of carboxylic acid groups (broad SMARTS) is 3. The maximum atomic E-state index is 9.60. The summed E-state index contributed by atoms with van der Waals surface area (Å²) in [5.74, 6) is -1.29. The van der Waals surface area contributed by atoms with Crippen LogP contribution in [-0.4, -0.2) is 33.2 Å². The van der Waals surface area contributed by atoms with Gasteiger partial charge in [0.25, 0.3) is 0 Å². The van der Waals surface area contributed by atoms with Crippen LogP contribution in [0, 0.1) is 19.8 Å². The van der Waals surface area contributed by atoms with Gasteiger partial charge >= 0.3 is 17.9 Å². The molecular weight excluding hydrogens is 480 g/mol. The van der Waals surface area contributed by atoms with Gasteiger partial charge in [-0.1, -0.05) is 71.6 Å². The molecule has 1 fully saturated rings. The minimum atomic E-state index is -0.935. The van der Waals surface area contributed by atoms with Crippen molar-refractivity contribution in [2.45, 2.75) is 92.9 Å². The van der Waals surface area contributed by atoms with Gasteiger partial charge in [-0.15, -0.1) is 0 Å². The van der Waals surface area contributed by atoms with E-state index >= 15 is 0 Å². The average molecular weight is 529 g/mol. The number of benzene rings is 1. The van der Waals surface area contributed by atoms with Crippen LogP contribution < -0.4 is 0 Å². The number of aryl methyl sites for hydroxylation is 1. The van der Waals surface area contributed by atoms with Gasteiger partial charge < -0.3 is 15.3 Å². The Bertz CT molecular complexity index is 914. The van der Waals surface area contributed by atoms with Crippen molar-refractivity contribution in [3.05, 3.63) is 76.9 Å². The van der Waals surface area contributed by atoms with E-state index in [1.165, 1.54) is 76.0 Å². The second-order valence-electron chi connectivity index (χ2n) is 10.2. The minimum Gasteiger partial charge on any atom is -0.478 e. The van der Waals surface area contributed by atoms with Crippen LogP contribution in [0.1, 0.15) is 100 Å². The number of carboxylic acids is 3. The van der Waals surface area contributed by atoms with Crippen LogP contribution in [0.5, 0.6) is 0 Å². The lowest BCUT2D eigenvalue weighted by molar-refractivity contribution is -0.133. The molecule has 0 atom stereocenters. The molecule has 0 heterocycles. The van der Waals surface area contributed by atoms with E-state index in [1.807, 2.05) is 6.08 Å². The molecule has 1 saturated carbocycles. The normalized spacial score (nSPS) is 12.3. The summed E-state index contributed by atoms with van der Waals surface area (Å²) in [6, 6.07) is 2.34. The highest BCUT2D eigenvalue weighted by atomic mass is 16.4. The molecule has 1 aromatic carbocycles. The predicted molar refractivity (Wildman–Crippen MR) is 158 cm³/mol. The molecule has 1 aliphatic carbocycles. The molecule has 6 heteroatoms. The Balaban J connectivity index is 0. The van der Waals surface area contributed by atoms with Crippen LogP contribution in [0.25, 0.3) is 6.08 Å². The van der Waals surface area contributed by atoms with Gasteiger partial charge in [-0.05, 0) is 93.5 Å². The molecule has 0 saturated heterocycles. The third-order valence-corrected chi connectivity index (χ3v) is 5.95. The largest absolute Gasteiger partial charge is 0.478 e. The van der Waals surface area contributed by atoms with E-state index in [0.717, 1.165) is 11.8 Å². The summed E-state index contributed by atoms with van der Waals surface area (Å²) in [6.45, 7) is 27.1. The summed E-state index contributed by atoms with van der Waals surface area (Å²) in [5, 5.41) is 23.7. The maximum Gasteiger partial charge on any atom is 0.330 e. The van der Waals surface area contributed by atoms with Gasteiger partial charge in [0, 0.05) is 16.7 Å². The second-order valence-corrected chi connectivity index (χ2v) is 10.2. The van der Waals surface area contributed by atoms with Crippen LogP contribution in [0.15, 0.2) is 49.1 Å². The van der Waals surface area contributed by atoms with Crippen molar-refractivity contribution in [2.24, 2.45) is 5.92 Å². The Kier molecular flexibility index (Phi) is 18.2. The van der Waals surface area contributed by atoms with Crippen molar-refractivity contribution in [3.8, 4) is 0 Å². The second kappa shape index (κ2) is 18.8. The molecule has 0 spiro atoms. The number of carbonyl (C=O) groups is 3. The van der Waals surface area contributed by atoms with Crippen molar-refractivity contribution in [3.63, 3.8) is 0 Å². The van der Waals surface area contributed by atoms with Crippen molar-refractivity contribution < 1.29 is 29.7 Å². The fraction of sp³-hybridized carbons (Fsp3) is 0.469. The summed E-state index contributed by atoms with van der Waals surface area (Å²) in [6.07, 6.45) is 10.3. The van der Waals surface area contributed by atoms with Gasteiger partial charge in [0.1, 0.15) is 0 Å². The van der Waals surface area contributed by atoms with Crippen molar-refractivity contribution >= 4 is 24.0 Å². The van der Waals surface area contributed by atoms with Gasteiger partial charge in [-0.2, -0.15) is 0 Å². The van der Waals surface area contributed by atoms with Gasteiger partial charge in [-0.25, -0.2) is 14.4 Å². The molecule has 3 N–H and O–H groups in total. The molecule has 1 aliphatic rings. The highest BCUT2D eigenvalue weighted by Gasteiger charge is 2.23. The summed E-state index contributed by atoms with van der Waals surface area (Å²) in [7, 11) is 0. The standard InChI is InChI=1S/C20H30.3C4H6O2/c1-6-17-13-15(4)19(12-14(2)3)20(16(17)5)18-10-8-7-9-11-18;3*1-3(2)4(5)6/h6,13-14,18H,1,7-12H2,2-5H3;3*1H2,2H3,(H,5,6). The molecule has 0 bridgehead atoms. The van der Waals surface area contributed by atoms with Gasteiger partial charge in [0.05, 0.1) is 0 Å². The summed E-state index contributed by atoms with van der Waals surface area (Å²) in [4.78, 5) is 28.8. The number of aliphatic carboxylic acids is 3. The molecule has 0 aromatic heterocycles. The Morgan fingerprint density at radius 2 is 1.24 bits per heavy atom. The highest BCUT2D eigenvalue weighted by Crippen LogP contribution is 2.39. The lowest BCUT2D eigenvalue weighted by atomic mass is 9.76. The van der Waals surface area contributed by atoms with Gasteiger partial charge in [0.15, 0.2) is 0 Å². The Morgan fingerprint density at radius 1 is 0.868 bits per heavy atom. The first kappa shape index (κ1) is 36.7. The van der Waals surface area contributed by atoms with E-state index in [1.54, 1.807) is 11.1 Å². The minimum absolute atomic E-state index is 0.176. The third kappa shape index (κ3) is 15.0. The Morgan fingerprint density at radius 3 is 1.53 bits per heavy atom. The highest BCUT2D eigenvalue weighted by molar-refractivity contribution is 5.85. The smallest absolute Gasteiger partial charge is 0.330 e. The quantitative estimate of drug-likeness (QED) is 0.308. The van der Waals surface area contributed by atoms with Crippen LogP contribution in [0.3, 0.4) is 0 Å². The molecule has 6 nitrogen and oxygen atoms in total. The molecule has 212 valence electrons. The van der Waals surface area contributed by atoms with E-state index < -0.39 is 17.9 Å². The first-order chi connectivity index (χ1) is 17.5. The predicted octanol–water partition coefficient (Wildman–Crippen LogP) is 8.13. The van der Waals surface area contributed by atoms with Gasteiger partial charge in [0.2, 0.25) is 0 Å².